The van der Waals surface area contributed by atoms with Gasteiger partial charge in [0.05, 0.1) is 39.9 Å². The van der Waals surface area contributed by atoms with Crippen LogP contribution < -0.4 is 10.2 Å². The highest BCUT2D eigenvalue weighted by atomic mass is 31.2. The van der Waals surface area contributed by atoms with Gasteiger partial charge in [-0.3, -0.25) is 9.36 Å². The maximum absolute atomic E-state index is 13.0. The maximum atomic E-state index is 13.0. The maximum Gasteiger partial charge on any atom is 0.268 e. The summed E-state index contributed by atoms with van der Waals surface area (Å²) in [6.45, 7) is 4.69. The van der Waals surface area contributed by atoms with Gasteiger partial charge in [0, 0.05) is 6.42 Å². The number of unbranched alkanes of at least 4 members (excludes halogenated alkanes) is 44. The molecule has 0 saturated heterocycles. The van der Waals surface area contributed by atoms with Crippen molar-refractivity contribution in [3.8, 4) is 0 Å². The molecule has 0 fully saturated rings. The van der Waals surface area contributed by atoms with Crippen molar-refractivity contribution in [1.82, 2.24) is 5.32 Å². The number of hydrogen-bond donors (Lipinski definition) is 2. The van der Waals surface area contributed by atoms with E-state index in [4.69, 9.17) is 9.05 Å². The van der Waals surface area contributed by atoms with Gasteiger partial charge < -0.3 is 28.8 Å². The monoisotopic (exact) mass is 1040 g/mol. The Morgan fingerprint density at radius 1 is 0.472 bits per heavy atom. The summed E-state index contributed by atoms with van der Waals surface area (Å²) in [5, 5.41) is 13.9. The standard InChI is InChI=1S/C63H125N2O6P/c1-6-8-10-12-14-16-18-20-22-24-26-28-30-31-32-33-34-35-36-38-40-42-44-46-48-50-52-54-56-62(66)61(60-71-72(68,69)70-59-58-65(3,4)5)64-63(67)57-55-53-51-49-47-45-43-41-39-37-29-27-25-23-21-19-17-15-13-11-9-7-2/h46,48,54,56,61-62,66H,6-45,47,49-53,55,57-60H2,1-5H3,(H-,64,67,68,69)/b48-46+,56-54+. The summed E-state index contributed by atoms with van der Waals surface area (Å²) in [6.07, 6.45) is 70.0. The van der Waals surface area contributed by atoms with Gasteiger partial charge in [0.25, 0.3) is 7.82 Å². The first-order valence-corrected chi connectivity index (χ1v) is 33.2. The van der Waals surface area contributed by atoms with Gasteiger partial charge in [-0.2, -0.15) is 0 Å². The average molecular weight is 1040 g/mol. The molecule has 0 aromatic heterocycles. The van der Waals surface area contributed by atoms with E-state index in [0.29, 0.717) is 17.4 Å². The van der Waals surface area contributed by atoms with Crippen molar-refractivity contribution in [2.75, 3.05) is 40.9 Å². The van der Waals surface area contributed by atoms with Crippen molar-refractivity contribution in [3.63, 3.8) is 0 Å². The summed E-state index contributed by atoms with van der Waals surface area (Å²) in [5.74, 6) is -0.200. The van der Waals surface area contributed by atoms with Crippen molar-refractivity contribution in [1.29, 1.82) is 0 Å². The van der Waals surface area contributed by atoms with E-state index in [0.717, 1.165) is 38.5 Å². The Bertz CT molecular complexity index is 1220. The second kappa shape index (κ2) is 54.8. The second-order valence-corrected chi connectivity index (χ2v) is 24.5. The molecule has 0 spiro atoms. The van der Waals surface area contributed by atoms with Crippen LogP contribution in [0, 0.1) is 0 Å². The molecule has 0 heterocycles. The van der Waals surface area contributed by atoms with Crippen LogP contribution in [-0.4, -0.2) is 68.5 Å². The van der Waals surface area contributed by atoms with Crippen LogP contribution in [0.1, 0.15) is 322 Å². The molecule has 3 atom stereocenters. The van der Waals surface area contributed by atoms with Crippen LogP contribution >= 0.6 is 7.82 Å². The highest BCUT2D eigenvalue weighted by Crippen LogP contribution is 2.38. The van der Waals surface area contributed by atoms with Crippen LogP contribution in [0.3, 0.4) is 0 Å². The summed E-state index contributed by atoms with van der Waals surface area (Å²) in [7, 11) is 1.26. The summed E-state index contributed by atoms with van der Waals surface area (Å²) >= 11 is 0. The quantitative estimate of drug-likeness (QED) is 0.0272. The number of carbonyl (C=O) groups excluding carboxylic acids is 1. The number of phosphoric acid groups is 1. The minimum Gasteiger partial charge on any atom is -0.756 e. The number of quaternary nitrogens is 1. The molecule has 0 rings (SSSR count). The number of likely N-dealkylation sites (N-methyl/N-ethyl adjacent to an activating group) is 1. The van der Waals surface area contributed by atoms with Crippen molar-refractivity contribution in [2.24, 2.45) is 0 Å². The predicted octanol–water partition coefficient (Wildman–Crippen LogP) is 18.9. The Hall–Kier alpha value is -1.02. The summed E-state index contributed by atoms with van der Waals surface area (Å²) in [6, 6.07) is -0.901. The molecule has 0 radical (unpaired) electrons. The largest absolute Gasteiger partial charge is 0.756 e. The lowest BCUT2D eigenvalue weighted by Crippen LogP contribution is -2.45. The molecule has 72 heavy (non-hydrogen) atoms. The summed E-state index contributed by atoms with van der Waals surface area (Å²) < 4.78 is 23.4. The van der Waals surface area contributed by atoms with E-state index in [-0.39, 0.29) is 19.1 Å². The van der Waals surface area contributed by atoms with E-state index in [9.17, 15) is 19.4 Å². The molecule has 3 unspecified atom stereocenters. The fourth-order valence-electron chi connectivity index (χ4n) is 9.70. The Labute approximate surface area is 449 Å². The SMILES string of the molecule is CCCCCCCCCCCCCCCCCCCCCCCC/C=C/CC/C=C/C(O)C(COP(=O)([O-])OCC[N+](C)(C)C)NC(=O)CCCCCCCCCCCCCCCCCCCCCCCC. The minimum atomic E-state index is -4.60. The molecular weight excluding hydrogens is 912 g/mol. The van der Waals surface area contributed by atoms with Crippen molar-refractivity contribution >= 4 is 13.7 Å². The van der Waals surface area contributed by atoms with E-state index in [1.165, 1.54) is 263 Å². The first-order chi connectivity index (χ1) is 35.0. The molecule has 0 aliphatic heterocycles. The number of amides is 1. The third-order valence-corrected chi connectivity index (χ3v) is 15.6. The number of nitrogens with zero attached hydrogens (tertiary/aromatic N) is 1. The Morgan fingerprint density at radius 3 is 1.12 bits per heavy atom. The lowest BCUT2D eigenvalue weighted by atomic mass is 10.0. The summed E-state index contributed by atoms with van der Waals surface area (Å²) in [4.78, 5) is 25.5. The van der Waals surface area contributed by atoms with Crippen LogP contribution in [0.5, 0.6) is 0 Å². The van der Waals surface area contributed by atoms with E-state index in [1.54, 1.807) is 6.08 Å². The molecule has 0 aliphatic carbocycles. The van der Waals surface area contributed by atoms with Crippen molar-refractivity contribution < 1.29 is 32.9 Å². The van der Waals surface area contributed by atoms with Crippen LogP contribution in [0.2, 0.25) is 0 Å². The van der Waals surface area contributed by atoms with Crippen molar-refractivity contribution in [2.45, 2.75) is 334 Å². The molecule has 0 aromatic carbocycles. The lowest BCUT2D eigenvalue weighted by molar-refractivity contribution is -0.870. The van der Waals surface area contributed by atoms with Gasteiger partial charge in [-0.15, -0.1) is 0 Å². The number of rotatable bonds is 59. The Morgan fingerprint density at radius 2 is 0.778 bits per heavy atom. The smallest absolute Gasteiger partial charge is 0.268 e. The Balaban J connectivity index is 4.15. The Kier molecular flexibility index (Phi) is 54.0. The third kappa shape index (κ3) is 56.7. The van der Waals surface area contributed by atoms with Gasteiger partial charge in [0.15, 0.2) is 0 Å². The zero-order valence-electron chi connectivity index (χ0n) is 48.9. The number of nitrogens with one attached hydrogen (secondary N) is 1. The molecule has 2 N–H and O–H groups in total. The first kappa shape index (κ1) is 71.0. The number of carbonyl (C=O) groups is 1. The van der Waals surface area contributed by atoms with Crippen LogP contribution in [0.25, 0.3) is 0 Å². The minimum absolute atomic E-state index is 0.00355. The number of allylic oxidation sites excluding steroid dienone is 3. The van der Waals surface area contributed by atoms with Crippen molar-refractivity contribution in [3.05, 3.63) is 24.3 Å². The topological polar surface area (TPSA) is 108 Å². The van der Waals surface area contributed by atoms with Crippen LogP contribution in [-0.2, 0) is 18.4 Å². The predicted molar refractivity (Wildman–Crippen MR) is 312 cm³/mol. The normalized spacial score (nSPS) is 13.9. The molecular formula is C63H125N2O6P. The highest BCUT2D eigenvalue weighted by molar-refractivity contribution is 7.45. The van der Waals surface area contributed by atoms with Gasteiger partial charge >= 0.3 is 0 Å². The molecule has 1 amide bonds. The fraction of sp³-hybridized carbons (Fsp3) is 0.921. The molecule has 0 aromatic rings. The molecule has 428 valence electrons. The molecule has 0 saturated carbocycles. The summed E-state index contributed by atoms with van der Waals surface area (Å²) in [5.41, 5.74) is 0. The number of aliphatic hydroxyl groups is 1. The van der Waals surface area contributed by atoms with Crippen LogP contribution in [0.15, 0.2) is 24.3 Å². The van der Waals surface area contributed by atoms with Gasteiger partial charge in [0.1, 0.15) is 13.2 Å². The van der Waals surface area contributed by atoms with E-state index >= 15 is 0 Å². The molecule has 0 bridgehead atoms. The molecule has 9 heteroatoms. The number of aliphatic hydroxyl groups excluding tert-OH is 1. The lowest BCUT2D eigenvalue weighted by Gasteiger charge is -2.29. The highest BCUT2D eigenvalue weighted by Gasteiger charge is 2.23. The first-order valence-electron chi connectivity index (χ1n) is 31.7. The second-order valence-electron chi connectivity index (χ2n) is 23.1. The third-order valence-electron chi connectivity index (χ3n) is 14.7. The van der Waals surface area contributed by atoms with Gasteiger partial charge in [-0.05, 0) is 32.1 Å². The van der Waals surface area contributed by atoms with Crippen LogP contribution in [0.4, 0.5) is 0 Å². The number of phosphoric ester groups is 1. The van der Waals surface area contributed by atoms with E-state index in [1.807, 2.05) is 27.2 Å². The van der Waals surface area contributed by atoms with E-state index in [2.05, 4.69) is 31.3 Å². The van der Waals surface area contributed by atoms with Gasteiger partial charge in [0.2, 0.25) is 5.91 Å². The zero-order chi connectivity index (χ0) is 52.7. The number of hydrogen-bond acceptors (Lipinski definition) is 6. The van der Waals surface area contributed by atoms with Gasteiger partial charge in [-0.25, -0.2) is 0 Å². The average Bonchev–Trinajstić information content (AvgIpc) is 3.34. The molecule has 0 aliphatic rings. The zero-order valence-corrected chi connectivity index (χ0v) is 49.8. The van der Waals surface area contributed by atoms with Gasteiger partial charge in [-0.1, -0.05) is 308 Å². The fourth-order valence-corrected chi connectivity index (χ4v) is 10.4. The van der Waals surface area contributed by atoms with E-state index < -0.39 is 20.0 Å². The molecule has 8 nitrogen and oxygen atoms in total.